The second kappa shape index (κ2) is 6.60. The normalized spacial score (nSPS) is 19.4. The Bertz CT molecular complexity index is 851. The van der Waals surface area contributed by atoms with E-state index in [1.54, 1.807) is 0 Å². The lowest BCUT2D eigenvalue weighted by molar-refractivity contribution is 0.0157. The minimum atomic E-state index is -0.221. The summed E-state index contributed by atoms with van der Waals surface area (Å²) in [4.78, 5) is 0. The van der Waals surface area contributed by atoms with Crippen LogP contribution in [0.4, 0.5) is 5.69 Å². The lowest BCUT2D eigenvalue weighted by atomic mass is 9.97. The van der Waals surface area contributed by atoms with Crippen molar-refractivity contribution in [2.75, 3.05) is 5.32 Å². The van der Waals surface area contributed by atoms with E-state index in [1.807, 2.05) is 48.5 Å². The molecule has 2 unspecified atom stereocenters. The molecule has 2 nitrogen and oxygen atoms in total. The van der Waals surface area contributed by atoms with Gasteiger partial charge in [0.15, 0.2) is 6.23 Å². The standard InChI is InChI=1S/C20H15BrClNO/c21-15-8-11-18-17(12-15)19(13-4-2-1-3-5-13)24-20(23-18)14-6-9-16(22)10-7-14/h1-12,19-20,23H. The van der Waals surface area contributed by atoms with E-state index in [0.29, 0.717) is 0 Å². The van der Waals surface area contributed by atoms with Crippen LogP contribution in [0.15, 0.2) is 77.3 Å². The fraction of sp³-hybridized carbons (Fsp3) is 0.100. The van der Waals surface area contributed by atoms with Gasteiger partial charge in [0.25, 0.3) is 0 Å². The number of hydrogen-bond donors (Lipinski definition) is 1. The van der Waals surface area contributed by atoms with Crippen molar-refractivity contribution >= 4 is 33.2 Å². The van der Waals surface area contributed by atoms with Gasteiger partial charge in [0.1, 0.15) is 6.10 Å². The summed E-state index contributed by atoms with van der Waals surface area (Å²) in [7, 11) is 0. The van der Waals surface area contributed by atoms with Crippen LogP contribution in [0, 0.1) is 0 Å². The summed E-state index contributed by atoms with van der Waals surface area (Å²) >= 11 is 9.57. The molecule has 120 valence electrons. The first-order valence-electron chi connectivity index (χ1n) is 7.72. The third-order valence-electron chi connectivity index (χ3n) is 4.13. The van der Waals surface area contributed by atoms with Gasteiger partial charge in [-0.25, -0.2) is 0 Å². The molecule has 3 aromatic rings. The lowest BCUT2D eigenvalue weighted by Crippen LogP contribution is -2.25. The van der Waals surface area contributed by atoms with Crippen LogP contribution in [-0.2, 0) is 4.74 Å². The topological polar surface area (TPSA) is 21.3 Å². The maximum atomic E-state index is 6.40. The molecule has 1 heterocycles. The van der Waals surface area contributed by atoms with Gasteiger partial charge in [-0.1, -0.05) is 70.0 Å². The molecule has 0 spiro atoms. The third-order valence-corrected chi connectivity index (χ3v) is 4.88. The molecule has 1 aliphatic rings. The molecule has 4 heteroatoms. The average molecular weight is 401 g/mol. The van der Waals surface area contributed by atoms with Gasteiger partial charge >= 0.3 is 0 Å². The van der Waals surface area contributed by atoms with Crippen molar-refractivity contribution in [3.8, 4) is 0 Å². The molecule has 0 amide bonds. The highest BCUT2D eigenvalue weighted by molar-refractivity contribution is 9.10. The zero-order valence-electron chi connectivity index (χ0n) is 12.7. The van der Waals surface area contributed by atoms with Gasteiger partial charge in [-0.3, -0.25) is 0 Å². The monoisotopic (exact) mass is 399 g/mol. The summed E-state index contributed by atoms with van der Waals surface area (Å²) in [6.45, 7) is 0. The van der Waals surface area contributed by atoms with E-state index in [0.717, 1.165) is 31.9 Å². The molecule has 0 aliphatic carbocycles. The van der Waals surface area contributed by atoms with Gasteiger partial charge in [0.2, 0.25) is 0 Å². The number of anilines is 1. The SMILES string of the molecule is Clc1ccc(C2Nc3ccc(Br)cc3C(c3ccccc3)O2)cc1. The summed E-state index contributed by atoms with van der Waals surface area (Å²) < 4.78 is 7.44. The zero-order chi connectivity index (χ0) is 16.5. The first-order chi connectivity index (χ1) is 11.7. The number of ether oxygens (including phenoxy) is 1. The molecule has 0 saturated carbocycles. The van der Waals surface area contributed by atoms with Gasteiger partial charge in [0.05, 0.1) is 0 Å². The highest BCUT2D eigenvalue weighted by atomic mass is 79.9. The quantitative estimate of drug-likeness (QED) is 0.542. The molecular weight excluding hydrogens is 386 g/mol. The maximum Gasteiger partial charge on any atom is 0.155 e. The van der Waals surface area contributed by atoms with Crippen LogP contribution in [0.5, 0.6) is 0 Å². The molecule has 1 N–H and O–H groups in total. The van der Waals surface area contributed by atoms with E-state index in [-0.39, 0.29) is 12.3 Å². The summed E-state index contributed by atoms with van der Waals surface area (Å²) in [6, 6.07) is 24.3. The van der Waals surface area contributed by atoms with Crippen LogP contribution in [0.1, 0.15) is 29.0 Å². The number of nitrogens with one attached hydrogen (secondary N) is 1. The predicted octanol–water partition coefficient (Wildman–Crippen LogP) is 6.33. The van der Waals surface area contributed by atoms with Crippen molar-refractivity contribution < 1.29 is 4.74 Å². The molecule has 0 bridgehead atoms. The number of benzene rings is 3. The molecule has 24 heavy (non-hydrogen) atoms. The van der Waals surface area contributed by atoms with Crippen LogP contribution in [0.3, 0.4) is 0 Å². The Balaban J connectivity index is 1.77. The van der Waals surface area contributed by atoms with Crippen molar-refractivity contribution in [1.82, 2.24) is 0 Å². The van der Waals surface area contributed by atoms with Crippen molar-refractivity contribution in [2.45, 2.75) is 12.3 Å². The molecule has 4 rings (SSSR count). The Morgan fingerprint density at radius 2 is 1.62 bits per heavy atom. The van der Waals surface area contributed by atoms with Crippen LogP contribution >= 0.6 is 27.5 Å². The average Bonchev–Trinajstić information content (AvgIpc) is 2.62. The molecule has 2 atom stereocenters. The van der Waals surface area contributed by atoms with Crippen molar-refractivity contribution in [2.24, 2.45) is 0 Å². The second-order valence-electron chi connectivity index (χ2n) is 5.73. The summed E-state index contributed by atoms with van der Waals surface area (Å²) in [5, 5.41) is 4.19. The largest absolute Gasteiger partial charge is 0.356 e. The van der Waals surface area contributed by atoms with Gasteiger partial charge in [0, 0.05) is 26.3 Å². The van der Waals surface area contributed by atoms with E-state index in [1.165, 1.54) is 0 Å². The minimum Gasteiger partial charge on any atom is -0.356 e. The highest BCUT2D eigenvalue weighted by Crippen LogP contribution is 2.42. The van der Waals surface area contributed by atoms with Crippen molar-refractivity contribution in [3.05, 3.63) is 99.0 Å². The van der Waals surface area contributed by atoms with Gasteiger partial charge in [-0.2, -0.15) is 0 Å². The maximum absolute atomic E-state index is 6.40. The highest BCUT2D eigenvalue weighted by Gasteiger charge is 2.29. The molecule has 0 aromatic heterocycles. The van der Waals surface area contributed by atoms with E-state index in [2.05, 4.69) is 45.5 Å². The van der Waals surface area contributed by atoms with Gasteiger partial charge < -0.3 is 10.1 Å². The van der Waals surface area contributed by atoms with E-state index in [4.69, 9.17) is 16.3 Å². The van der Waals surface area contributed by atoms with E-state index in [9.17, 15) is 0 Å². The fourth-order valence-electron chi connectivity index (χ4n) is 2.95. The lowest BCUT2D eigenvalue weighted by Gasteiger charge is -2.34. The molecule has 0 fully saturated rings. The summed E-state index contributed by atoms with van der Waals surface area (Å²) in [6.07, 6.45) is -0.346. The molecule has 3 aromatic carbocycles. The van der Waals surface area contributed by atoms with Gasteiger partial charge in [-0.15, -0.1) is 0 Å². The van der Waals surface area contributed by atoms with Crippen LogP contribution < -0.4 is 5.32 Å². The van der Waals surface area contributed by atoms with E-state index < -0.39 is 0 Å². The van der Waals surface area contributed by atoms with Crippen molar-refractivity contribution in [1.29, 1.82) is 0 Å². The molecular formula is C20H15BrClNO. The summed E-state index contributed by atoms with van der Waals surface area (Å²) in [5.74, 6) is 0. The van der Waals surface area contributed by atoms with Crippen LogP contribution in [0.2, 0.25) is 5.02 Å². The fourth-order valence-corrected chi connectivity index (χ4v) is 3.46. The molecule has 1 aliphatic heterocycles. The Kier molecular flexibility index (Phi) is 4.31. The van der Waals surface area contributed by atoms with Crippen molar-refractivity contribution in [3.63, 3.8) is 0 Å². The first kappa shape index (κ1) is 15.7. The number of halogens is 2. The first-order valence-corrected chi connectivity index (χ1v) is 8.90. The van der Waals surface area contributed by atoms with E-state index >= 15 is 0 Å². The second-order valence-corrected chi connectivity index (χ2v) is 7.09. The van der Waals surface area contributed by atoms with Crippen LogP contribution in [0.25, 0.3) is 0 Å². The molecule has 0 radical (unpaired) electrons. The van der Waals surface area contributed by atoms with Crippen LogP contribution in [-0.4, -0.2) is 0 Å². The Hall–Kier alpha value is -1.81. The third kappa shape index (κ3) is 3.07. The minimum absolute atomic E-state index is 0.124. The van der Waals surface area contributed by atoms with Gasteiger partial charge in [-0.05, 0) is 35.9 Å². The Morgan fingerprint density at radius 3 is 2.38 bits per heavy atom. The number of rotatable bonds is 2. The summed E-state index contributed by atoms with van der Waals surface area (Å²) in [5.41, 5.74) is 4.39. The predicted molar refractivity (Wildman–Crippen MR) is 101 cm³/mol. The Morgan fingerprint density at radius 1 is 0.875 bits per heavy atom. The Labute approximate surface area is 154 Å². The molecule has 0 saturated heterocycles. The number of hydrogen-bond acceptors (Lipinski definition) is 2. The smallest absolute Gasteiger partial charge is 0.155 e. The number of fused-ring (bicyclic) bond motifs is 1. The zero-order valence-corrected chi connectivity index (χ0v) is 15.1.